The van der Waals surface area contributed by atoms with Crippen molar-refractivity contribution >= 4 is 5.91 Å². The minimum atomic E-state index is -2.92. The summed E-state index contributed by atoms with van der Waals surface area (Å²) >= 11 is 0. The van der Waals surface area contributed by atoms with Gasteiger partial charge in [-0.3, -0.25) is 10.1 Å². The fourth-order valence-corrected chi connectivity index (χ4v) is 2.15. The smallest absolute Gasteiger partial charge is 0.262 e. The number of nitrogens with one attached hydrogen (secondary N) is 2. The highest BCUT2D eigenvalue weighted by Crippen LogP contribution is 2.26. The second-order valence-electron chi connectivity index (χ2n) is 4.87. The Morgan fingerprint density at radius 1 is 1.45 bits per heavy atom. The molecule has 2 N–H and O–H groups in total. The Labute approximate surface area is 113 Å². The molecule has 0 spiro atoms. The summed E-state index contributed by atoms with van der Waals surface area (Å²) < 4.78 is 52.6. The molecule has 1 aliphatic rings. The Morgan fingerprint density at radius 3 is 2.75 bits per heavy atom. The van der Waals surface area contributed by atoms with E-state index in [1.54, 1.807) is 0 Å². The van der Waals surface area contributed by atoms with Gasteiger partial charge in [0.2, 0.25) is 5.91 Å². The highest BCUT2D eigenvalue weighted by atomic mass is 19.3. The van der Waals surface area contributed by atoms with Gasteiger partial charge >= 0.3 is 0 Å². The molecule has 0 aliphatic carbocycles. The first-order chi connectivity index (χ1) is 9.30. The van der Waals surface area contributed by atoms with Crippen molar-refractivity contribution in [1.29, 1.82) is 0 Å². The van der Waals surface area contributed by atoms with E-state index < -0.39 is 48.5 Å². The van der Waals surface area contributed by atoms with E-state index in [2.05, 4.69) is 10.6 Å². The zero-order valence-corrected chi connectivity index (χ0v) is 10.7. The van der Waals surface area contributed by atoms with Crippen LogP contribution in [0.1, 0.15) is 24.9 Å². The van der Waals surface area contributed by atoms with Crippen molar-refractivity contribution in [3.63, 3.8) is 0 Å². The number of hydrogen-bond donors (Lipinski definition) is 2. The zero-order valence-electron chi connectivity index (χ0n) is 10.7. The molecule has 2 rings (SSSR count). The van der Waals surface area contributed by atoms with Crippen LogP contribution < -0.4 is 10.6 Å². The summed E-state index contributed by atoms with van der Waals surface area (Å²) in [5, 5.41) is 4.80. The second-order valence-corrected chi connectivity index (χ2v) is 4.87. The lowest BCUT2D eigenvalue weighted by atomic mass is 10.1. The SMILES string of the molecule is C[C@H](NC(=O)[C@H]1CC(F)(F)CN1)c1cccc(F)c1F. The topological polar surface area (TPSA) is 41.1 Å². The van der Waals surface area contributed by atoms with Crippen molar-refractivity contribution in [2.24, 2.45) is 0 Å². The molecule has 2 atom stereocenters. The highest BCUT2D eigenvalue weighted by Gasteiger charge is 2.42. The summed E-state index contributed by atoms with van der Waals surface area (Å²) in [6.07, 6.45) is -0.600. The van der Waals surface area contributed by atoms with Crippen molar-refractivity contribution in [1.82, 2.24) is 10.6 Å². The average Bonchev–Trinajstić information content (AvgIpc) is 2.73. The monoisotopic (exact) mass is 290 g/mol. The fourth-order valence-electron chi connectivity index (χ4n) is 2.15. The van der Waals surface area contributed by atoms with E-state index in [1.807, 2.05) is 0 Å². The summed E-state index contributed by atoms with van der Waals surface area (Å²) in [5.41, 5.74) is -0.0249. The molecule has 1 saturated heterocycles. The van der Waals surface area contributed by atoms with Gasteiger partial charge in [0.1, 0.15) is 0 Å². The number of carbonyl (C=O) groups excluding carboxylic acids is 1. The maximum atomic E-state index is 13.5. The Morgan fingerprint density at radius 2 is 2.15 bits per heavy atom. The molecule has 3 nitrogen and oxygen atoms in total. The summed E-state index contributed by atoms with van der Waals surface area (Å²) in [4.78, 5) is 11.8. The molecule has 0 saturated carbocycles. The third kappa shape index (κ3) is 3.09. The molecule has 1 fully saturated rings. The van der Waals surface area contributed by atoms with Crippen molar-refractivity contribution in [2.45, 2.75) is 31.4 Å². The Hall–Kier alpha value is -1.63. The maximum Gasteiger partial charge on any atom is 0.262 e. The Bertz CT molecular complexity index is 521. The number of rotatable bonds is 3. The van der Waals surface area contributed by atoms with Gasteiger partial charge in [0, 0.05) is 12.0 Å². The lowest BCUT2D eigenvalue weighted by molar-refractivity contribution is -0.124. The van der Waals surface area contributed by atoms with Gasteiger partial charge in [-0.1, -0.05) is 12.1 Å². The van der Waals surface area contributed by atoms with Gasteiger partial charge < -0.3 is 5.32 Å². The summed E-state index contributed by atoms with van der Waals surface area (Å²) in [5.74, 6) is -5.65. The van der Waals surface area contributed by atoms with Gasteiger partial charge in [0.05, 0.1) is 18.6 Å². The number of alkyl halides is 2. The summed E-state index contributed by atoms with van der Waals surface area (Å²) in [6.45, 7) is 0.899. The molecule has 110 valence electrons. The molecule has 0 bridgehead atoms. The van der Waals surface area contributed by atoms with Crippen LogP contribution in [0.4, 0.5) is 17.6 Å². The number of halogens is 4. The van der Waals surface area contributed by atoms with Gasteiger partial charge in [-0.05, 0) is 13.0 Å². The van der Waals surface area contributed by atoms with Crippen molar-refractivity contribution < 1.29 is 22.4 Å². The number of hydrogen-bond acceptors (Lipinski definition) is 2. The minimum Gasteiger partial charge on any atom is -0.348 e. The second kappa shape index (κ2) is 5.40. The predicted molar refractivity (Wildman–Crippen MR) is 64.3 cm³/mol. The fraction of sp³-hybridized carbons (Fsp3) is 0.462. The number of amides is 1. The first kappa shape index (κ1) is 14.8. The standard InChI is InChI=1S/C13H14F4N2O/c1-7(8-3-2-4-9(14)11(8)15)19-12(20)10-5-13(16,17)6-18-10/h2-4,7,10,18H,5-6H2,1H3,(H,19,20)/t7-,10+/m0/s1. The van der Waals surface area contributed by atoms with Crippen LogP contribution in [-0.4, -0.2) is 24.4 Å². The molecule has 20 heavy (non-hydrogen) atoms. The quantitative estimate of drug-likeness (QED) is 0.837. The predicted octanol–water partition coefficient (Wildman–Crippen LogP) is 2.14. The van der Waals surface area contributed by atoms with Crippen LogP contribution >= 0.6 is 0 Å². The molecular weight excluding hydrogens is 276 g/mol. The van der Waals surface area contributed by atoms with E-state index >= 15 is 0 Å². The molecule has 1 aromatic rings. The van der Waals surface area contributed by atoms with Gasteiger partial charge in [-0.25, -0.2) is 17.6 Å². The molecule has 1 heterocycles. The first-order valence-electron chi connectivity index (χ1n) is 6.16. The van der Waals surface area contributed by atoms with Crippen LogP contribution in [0.3, 0.4) is 0 Å². The van der Waals surface area contributed by atoms with Crippen molar-refractivity contribution in [2.75, 3.05) is 6.54 Å². The lowest BCUT2D eigenvalue weighted by Gasteiger charge is -2.18. The molecule has 0 radical (unpaired) electrons. The molecule has 0 unspecified atom stereocenters. The van der Waals surface area contributed by atoms with Crippen LogP contribution in [0.5, 0.6) is 0 Å². The van der Waals surface area contributed by atoms with Gasteiger partial charge in [-0.15, -0.1) is 0 Å². The number of benzene rings is 1. The summed E-state index contributed by atoms with van der Waals surface area (Å²) in [7, 11) is 0. The van der Waals surface area contributed by atoms with Gasteiger partial charge in [0.15, 0.2) is 11.6 Å². The molecule has 1 aliphatic heterocycles. The molecule has 1 aromatic carbocycles. The molecule has 7 heteroatoms. The molecular formula is C13H14F4N2O. The van der Waals surface area contributed by atoms with E-state index in [-0.39, 0.29) is 5.56 Å². The van der Waals surface area contributed by atoms with Crippen LogP contribution in [0.25, 0.3) is 0 Å². The van der Waals surface area contributed by atoms with E-state index in [9.17, 15) is 22.4 Å². The zero-order chi connectivity index (χ0) is 14.9. The third-order valence-corrected chi connectivity index (χ3v) is 3.23. The lowest BCUT2D eigenvalue weighted by Crippen LogP contribution is -2.41. The largest absolute Gasteiger partial charge is 0.348 e. The van der Waals surface area contributed by atoms with E-state index in [0.29, 0.717) is 0 Å². The normalized spacial score (nSPS) is 22.6. The van der Waals surface area contributed by atoms with Crippen LogP contribution in [0.2, 0.25) is 0 Å². The number of carbonyl (C=O) groups is 1. The van der Waals surface area contributed by atoms with Gasteiger partial charge in [0.25, 0.3) is 5.92 Å². The van der Waals surface area contributed by atoms with Crippen LogP contribution in [-0.2, 0) is 4.79 Å². The van der Waals surface area contributed by atoms with E-state index in [0.717, 1.165) is 6.07 Å². The Balaban J connectivity index is 2.03. The van der Waals surface area contributed by atoms with Crippen LogP contribution in [0, 0.1) is 11.6 Å². The molecule has 1 amide bonds. The summed E-state index contributed by atoms with van der Waals surface area (Å²) in [6, 6.07) is 1.78. The molecule has 0 aromatic heterocycles. The minimum absolute atomic E-state index is 0.0249. The highest BCUT2D eigenvalue weighted by molar-refractivity contribution is 5.82. The van der Waals surface area contributed by atoms with Crippen LogP contribution in [0.15, 0.2) is 18.2 Å². The van der Waals surface area contributed by atoms with E-state index in [4.69, 9.17) is 0 Å². The third-order valence-electron chi connectivity index (χ3n) is 3.23. The maximum absolute atomic E-state index is 13.5. The van der Waals surface area contributed by atoms with Crippen molar-refractivity contribution in [3.05, 3.63) is 35.4 Å². The van der Waals surface area contributed by atoms with Crippen molar-refractivity contribution in [3.8, 4) is 0 Å². The first-order valence-corrected chi connectivity index (χ1v) is 6.16. The Kier molecular flexibility index (Phi) is 3.99. The average molecular weight is 290 g/mol. The van der Waals surface area contributed by atoms with E-state index in [1.165, 1.54) is 19.1 Å². The van der Waals surface area contributed by atoms with Gasteiger partial charge in [-0.2, -0.15) is 0 Å².